The second kappa shape index (κ2) is 5.86. The van der Waals surface area contributed by atoms with Gasteiger partial charge in [0.25, 0.3) is 0 Å². The van der Waals surface area contributed by atoms with Crippen molar-refractivity contribution in [1.82, 2.24) is 24.5 Å². The number of hydrogen-bond acceptors (Lipinski definition) is 6. The van der Waals surface area contributed by atoms with Gasteiger partial charge in [-0.3, -0.25) is 4.90 Å². The van der Waals surface area contributed by atoms with Gasteiger partial charge in [-0.2, -0.15) is 4.39 Å². The predicted molar refractivity (Wildman–Crippen MR) is 84.0 cm³/mol. The molecule has 1 aliphatic heterocycles. The fourth-order valence-electron chi connectivity index (χ4n) is 2.93. The van der Waals surface area contributed by atoms with Crippen LogP contribution in [-0.4, -0.2) is 43.2 Å². The highest BCUT2D eigenvalue weighted by Gasteiger charge is 2.31. The number of nitrogens with zero attached hydrogens (tertiary/aromatic N) is 5. The highest BCUT2D eigenvalue weighted by molar-refractivity contribution is 7.09. The number of hydrogen-bond donors (Lipinski definition) is 0. The molecule has 0 N–H and O–H groups in total. The van der Waals surface area contributed by atoms with Gasteiger partial charge in [-0.25, -0.2) is 14.5 Å². The third-order valence-electron chi connectivity index (χ3n) is 4.12. The number of halogens is 1. The van der Waals surface area contributed by atoms with Gasteiger partial charge in [0.2, 0.25) is 11.8 Å². The van der Waals surface area contributed by atoms with Crippen molar-refractivity contribution in [2.45, 2.75) is 32.0 Å². The molecular formula is C15H16FN5OS. The zero-order valence-electron chi connectivity index (χ0n) is 12.6. The molecule has 0 unspecified atom stereocenters. The molecule has 120 valence electrons. The van der Waals surface area contributed by atoms with E-state index in [2.05, 4.69) is 26.9 Å². The van der Waals surface area contributed by atoms with Crippen LogP contribution in [0.5, 0.6) is 5.88 Å². The number of thiazole rings is 1. The smallest absolute Gasteiger partial charge is 0.232 e. The van der Waals surface area contributed by atoms with Crippen molar-refractivity contribution in [3.8, 4) is 5.88 Å². The maximum Gasteiger partial charge on any atom is 0.232 e. The van der Waals surface area contributed by atoms with E-state index < -0.39 is 0 Å². The van der Waals surface area contributed by atoms with E-state index in [0.717, 1.165) is 18.6 Å². The Morgan fingerprint density at radius 3 is 3.13 bits per heavy atom. The maximum absolute atomic E-state index is 13.5. The third kappa shape index (κ3) is 2.91. The predicted octanol–water partition coefficient (Wildman–Crippen LogP) is 2.37. The number of likely N-dealkylation sites (tertiary alicyclic amines) is 1. The summed E-state index contributed by atoms with van der Waals surface area (Å²) < 4.78 is 21.2. The molecule has 0 aliphatic carbocycles. The first-order valence-corrected chi connectivity index (χ1v) is 8.36. The highest BCUT2D eigenvalue weighted by Crippen LogP contribution is 2.25. The Morgan fingerprint density at radius 1 is 1.39 bits per heavy atom. The Labute approximate surface area is 136 Å². The van der Waals surface area contributed by atoms with Crippen LogP contribution in [0, 0.1) is 5.95 Å². The normalized spacial score (nSPS) is 22.0. The number of aromatic nitrogens is 4. The quantitative estimate of drug-likeness (QED) is 0.734. The van der Waals surface area contributed by atoms with Gasteiger partial charge in [-0.1, -0.05) is 0 Å². The molecule has 6 nitrogen and oxygen atoms in total. The number of imidazole rings is 1. The topological polar surface area (TPSA) is 55.6 Å². The highest BCUT2D eigenvalue weighted by atomic mass is 32.1. The van der Waals surface area contributed by atoms with Gasteiger partial charge in [0.1, 0.15) is 6.10 Å². The van der Waals surface area contributed by atoms with Crippen molar-refractivity contribution in [3.63, 3.8) is 0 Å². The number of rotatable bonds is 4. The van der Waals surface area contributed by atoms with Gasteiger partial charge in [-0.05, 0) is 13.0 Å². The first-order chi connectivity index (χ1) is 11.2. The van der Waals surface area contributed by atoms with Gasteiger partial charge >= 0.3 is 0 Å². The molecule has 0 radical (unpaired) electrons. The molecule has 0 amide bonds. The summed E-state index contributed by atoms with van der Waals surface area (Å²) in [5.74, 6) is 0.220. The second-order valence-corrected chi connectivity index (χ2v) is 6.66. The van der Waals surface area contributed by atoms with Crippen LogP contribution in [0.15, 0.2) is 30.0 Å². The van der Waals surface area contributed by atoms with Gasteiger partial charge in [0.05, 0.1) is 10.4 Å². The molecule has 8 heteroatoms. The minimum Gasteiger partial charge on any atom is -0.472 e. The molecule has 3 aromatic rings. The number of ether oxygens (including phenoxy) is 1. The van der Waals surface area contributed by atoms with Gasteiger partial charge in [0, 0.05) is 44.0 Å². The fraction of sp³-hybridized carbons (Fsp3) is 0.400. The molecule has 2 atom stereocenters. The van der Waals surface area contributed by atoms with Crippen molar-refractivity contribution in [1.29, 1.82) is 0 Å². The molecule has 1 aliphatic rings. The van der Waals surface area contributed by atoms with Crippen molar-refractivity contribution in [2.24, 2.45) is 0 Å². The minimum atomic E-state index is -0.362. The van der Waals surface area contributed by atoms with Crippen LogP contribution in [-0.2, 0) is 6.54 Å². The van der Waals surface area contributed by atoms with Gasteiger partial charge in [-0.15, -0.1) is 16.4 Å². The summed E-state index contributed by atoms with van der Waals surface area (Å²) in [6, 6.07) is 4.04. The van der Waals surface area contributed by atoms with Crippen LogP contribution in [0.2, 0.25) is 0 Å². The molecule has 4 rings (SSSR count). The van der Waals surface area contributed by atoms with E-state index in [1.807, 2.05) is 12.1 Å². The van der Waals surface area contributed by atoms with Crippen molar-refractivity contribution in [3.05, 3.63) is 40.9 Å². The molecule has 0 aromatic carbocycles. The van der Waals surface area contributed by atoms with Crippen LogP contribution >= 0.6 is 11.3 Å². The summed E-state index contributed by atoms with van der Waals surface area (Å²) in [5.41, 5.74) is 2.34. The molecular weight excluding hydrogens is 317 g/mol. The van der Waals surface area contributed by atoms with E-state index in [-0.39, 0.29) is 12.1 Å². The zero-order valence-corrected chi connectivity index (χ0v) is 13.4. The average Bonchev–Trinajstić information content (AvgIpc) is 3.22. The standard InChI is InChI=1S/C15H16FN5OS/c1-10-6-11(7-20(10)8-12-15(16)18-9-23-12)22-14-3-2-13-17-4-5-21(13)19-14/h2-5,9-11H,6-8H2,1H3/t10-,11+/m0/s1. The molecule has 0 bridgehead atoms. The third-order valence-corrected chi connectivity index (χ3v) is 4.91. The first-order valence-electron chi connectivity index (χ1n) is 7.48. The molecule has 1 fully saturated rings. The molecule has 1 saturated heterocycles. The van der Waals surface area contributed by atoms with E-state index in [0.29, 0.717) is 23.3 Å². The van der Waals surface area contributed by atoms with Gasteiger partial charge < -0.3 is 4.74 Å². The van der Waals surface area contributed by atoms with Crippen LogP contribution in [0.25, 0.3) is 5.65 Å². The van der Waals surface area contributed by atoms with E-state index in [1.54, 1.807) is 22.4 Å². The lowest BCUT2D eigenvalue weighted by atomic mass is 10.2. The van der Waals surface area contributed by atoms with Crippen LogP contribution < -0.4 is 4.74 Å². The van der Waals surface area contributed by atoms with Gasteiger partial charge in [0.15, 0.2) is 5.65 Å². The van der Waals surface area contributed by atoms with E-state index in [1.165, 1.54) is 11.3 Å². The molecule has 0 saturated carbocycles. The monoisotopic (exact) mass is 333 g/mol. The Hall–Kier alpha value is -2.06. The minimum absolute atomic E-state index is 0.0504. The molecule has 23 heavy (non-hydrogen) atoms. The average molecular weight is 333 g/mol. The van der Waals surface area contributed by atoms with Crippen LogP contribution in [0.1, 0.15) is 18.2 Å². The van der Waals surface area contributed by atoms with Crippen LogP contribution in [0.4, 0.5) is 4.39 Å². The fourth-order valence-corrected chi connectivity index (χ4v) is 3.59. The molecule has 3 aromatic heterocycles. The SMILES string of the molecule is C[C@H]1C[C@@H](Oc2ccc3nccn3n2)CN1Cc1scnc1F. The Kier molecular flexibility index (Phi) is 3.70. The lowest BCUT2D eigenvalue weighted by Gasteiger charge is -2.19. The van der Waals surface area contributed by atoms with Crippen molar-refractivity contribution < 1.29 is 9.13 Å². The number of fused-ring (bicyclic) bond motifs is 1. The van der Waals surface area contributed by atoms with Crippen molar-refractivity contribution in [2.75, 3.05) is 6.54 Å². The van der Waals surface area contributed by atoms with Crippen LogP contribution in [0.3, 0.4) is 0 Å². The zero-order chi connectivity index (χ0) is 15.8. The van der Waals surface area contributed by atoms with E-state index in [9.17, 15) is 4.39 Å². The lowest BCUT2D eigenvalue weighted by Crippen LogP contribution is -2.28. The van der Waals surface area contributed by atoms with E-state index >= 15 is 0 Å². The lowest BCUT2D eigenvalue weighted by molar-refractivity contribution is 0.186. The summed E-state index contributed by atoms with van der Waals surface area (Å²) in [6.45, 7) is 3.46. The Balaban J connectivity index is 1.43. The Bertz CT molecular complexity index is 819. The summed E-state index contributed by atoms with van der Waals surface area (Å²) >= 11 is 1.35. The maximum atomic E-state index is 13.5. The first kappa shape index (κ1) is 14.5. The van der Waals surface area contributed by atoms with Crippen molar-refractivity contribution >= 4 is 17.0 Å². The van der Waals surface area contributed by atoms with E-state index in [4.69, 9.17) is 4.74 Å². The summed E-state index contributed by atoms with van der Waals surface area (Å²) in [7, 11) is 0. The second-order valence-electron chi connectivity index (χ2n) is 5.72. The Morgan fingerprint density at radius 2 is 2.30 bits per heavy atom. The summed E-state index contributed by atoms with van der Waals surface area (Å²) in [4.78, 5) is 10.7. The summed E-state index contributed by atoms with van der Waals surface area (Å²) in [6.07, 6.45) is 4.44. The summed E-state index contributed by atoms with van der Waals surface area (Å²) in [5, 5.41) is 4.38. The molecule has 0 spiro atoms. The molecule has 4 heterocycles. The largest absolute Gasteiger partial charge is 0.472 e.